The summed E-state index contributed by atoms with van der Waals surface area (Å²) in [6.45, 7) is 3.47. The Morgan fingerprint density at radius 2 is 2.05 bits per heavy atom. The highest BCUT2D eigenvalue weighted by Crippen LogP contribution is 2.33. The van der Waals surface area contributed by atoms with Crippen LogP contribution in [0.1, 0.15) is 11.9 Å². The molecule has 0 aliphatic carbocycles. The normalized spacial score (nSPS) is 17.9. The van der Waals surface area contributed by atoms with Crippen molar-refractivity contribution in [3.05, 3.63) is 5.01 Å². The smallest absolute Gasteiger partial charge is 0.378 e. The molecule has 10 heteroatoms. The first kappa shape index (κ1) is 15.0. The fraction of sp³-hybridized carbons (Fsp3) is 0.700. The van der Waals surface area contributed by atoms with Crippen LogP contribution in [-0.4, -0.2) is 53.3 Å². The predicted molar refractivity (Wildman–Crippen MR) is 65.4 cm³/mol. The van der Waals surface area contributed by atoms with E-state index in [9.17, 15) is 18.0 Å². The number of nitrogens with zero attached hydrogens (tertiary/aromatic N) is 3. The number of hydrogen-bond acceptors (Lipinski definition) is 6. The van der Waals surface area contributed by atoms with Gasteiger partial charge < -0.3 is 15.0 Å². The Balaban J connectivity index is 1.95. The molecule has 1 aromatic heterocycles. The Bertz CT molecular complexity index is 473. The molecule has 1 atom stereocenters. The summed E-state index contributed by atoms with van der Waals surface area (Å²) in [5, 5.41) is 8.03. The molecule has 0 saturated carbocycles. The third-order valence-corrected chi connectivity index (χ3v) is 3.60. The number of nitrogens with one attached hydrogen (secondary N) is 1. The molecular weight excluding hydrogens is 297 g/mol. The van der Waals surface area contributed by atoms with Gasteiger partial charge in [0.05, 0.1) is 13.2 Å². The van der Waals surface area contributed by atoms with Crippen molar-refractivity contribution in [1.29, 1.82) is 0 Å². The van der Waals surface area contributed by atoms with Gasteiger partial charge in [-0.15, -0.1) is 10.2 Å². The van der Waals surface area contributed by atoms with Gasteiger partial charge in [0.15, 0.2) is 0 Å². The SMILES string of the molecule is CC(Nc1nnc(C(F)(F)F)s1)C(=O)N1CCOCC1. The fourth-order valence-electron chi connectivity index (χ4n) is 1.70. The first-order valence-electron chi connectivity index (χ1n) is 5.91. The molecule has 20 heavy (non-hydrogen) atoms. The summed E-state index contributed by atoms with van der Waals surface area (Å²) in [5.74, 6) is -0.197. The lowest BCUT2D eigenvalue weighted by Crippen LogP contribution is -2.46. The van der Waals surface area contributed by atoms with Crippen LogP contribution in [0.2, 0.25) is 0 Å². The fourth-order valence-corrected chi connectivity index (χ4v) is 2.40. The Labute approximate surface area is 116 Å². The molecule has 0 spiro atoms. The number of hydrogen-bond donors (Lipinski definition) is 1. The second-order valence-electron chi connectivity index (χ2n) is 4.21. The summed E-state index contributed by atoms with van der Waals surface area (Å²) in [5.41, 5.74) is 0. The van der Waals surface area contributed by atoms with E-state index in [0.29, 0.717) is 37.6 Å². The number of carbonyl (C=O) groups is 1. The van der Waals surface area contributed by atoms with Crippen LogP contribution in [0.25, 0.3) is 0 Å². The molecule has 1 N–H and O–H groups in total. The Hall–Kier alpha value is -1.42. The van der Waals surface area contributed by atoms with E-state index in [1.165, 1.54) is 0 Å². The van der Waals surface area contributed by atoms with Crippen molar-refractivity contribution in [2.24, 2.45) is 0 Å². The zero-order valence-electron chi connectivity index (χ0n) is 10.6. The van der Waals surface area contributed by atoms with Gasteiger partial charge in [-0.05, 0) is 6.92 Å². The number of morpholine rings is 1. The van der Waals surface area contributed by atoms with E-state index in [1.54, 1.807) is 11.8 Å². The quantitative estimate of drug-likeness (QED) is 0.909. The molecule has 6 nitrogen and oxygen atoms in total. The molecular formula is C10H13F3N4O2S. The molecule has 1 aromatic rings. The molecule has 0 aromatic carbocycles. The first-order chi connectivity index (χ1) is 9.38. The molecule has 0 radical (unpaired) electrons. The zero-order chi connectivity index (χ0) is 14.8. The Morgan fingerprint density at radius 1 is 1.40 bits per heavy atom. The van der Waals surface area contributed by atoms with Crippen LogP contribution < -0.4 is 5.32 Å². The van der Waals surface area contributed by atoms with Crippen LogP contribution >= 0.6 is 11.3 Å². The van der Waals surface area contributed by atoms with Crippen molar-refractivity contribution in [2.75, 3.05) is 31.6 Å². The molecule has 2 rings (SSSR count). The average molecular weight is 310 g/mol. The minimum absolute atomic E-state index is 0.0218. The van der Waals surface area contributed by atoms with Crippen molar-refractivity contribution in [1.82, 2.24) is 15.1 Å². The van der Waals surface area contributed by atoms with Crippen molar-refractivity contribution in [3.8, 4) is 0 Å². The van der Waals surface area contributed by atoms with Crippen molar-refractivity contribution >= 4 is 22.4 Å². The number of alkyl halides is 3. The minimum Gasteiger partial charge on any atom is -0.378 e. The van der Waals surface area contributed by atoms with E-state index in [-0.39, 0.29) is 11.0 Å². The lowest BCUT2D eigenvalue weighted by molar-refractivity contribution is -0.138. The molecule has 0 bridgehead atoms. The van der Waals surface area contributed by atoms with Crippen molar-refractivity contribution < 1.29 is 22.7 Å². The number of rotatable bonds is 3. The summed E-state index contributed by atoms with van der Waals surface area (Å²) >= 11 is 0.378. The zero-order valence-corrected chi connectivity index (χ0v) is 11.4. The maximum absolute atomic E-state index is 12.4. The lowest BCUT2D eigenvalue weighted by Gasteiger charge is -2.29. The van der Waals surface area contributed by atoms with Gasteiger partial charge in [-0.3, -0.25) is 4.79 Å². The summed E-state index contributed by atoms with van der Waals surface area (Å²) in [6, 6.07) is -0.665. The molecule has 1 unspecified atom stereocenters. The molecule has 1 saturated heterocycles. The number of anilines is 1. The maximum Gasteiger partial charge on any atom is 0.445 e. The van der Waals surface area contributed by atoms with Crippen LogP contribution in [0.3, 0.4) is 0 Å². The molecule has 112 valence electrons. The molecule has 1 amide bonds. The van der Waals surface area contributed by atoms with Gasteiger partial charge in [-0.2, -0.15) is 13.2 Å². The number of aromatic nitrogens is 2. The van der Waals surface area contributed by atoms with E-state index < -0.39 is 17.2 Å². The van der Waals surface area contributed by atoms with E-state index in [4.69, 9.17) is 4.74 Å². The average Bonchev–Trinajstić information content (AvgIpc) is 2.87. The van der Waals surface area contributed by atoms with Crippen LogP contribution in [0, 0.1) is 0 Å². The third kappa shape index (κ3) is 3.57. The van der Waals surface area contributed by atoms with E-state index >= 15 is 0 Å². The van der Waals surface area contributed by atoms with Gasteiger partial charge in [-0.1, -0.05) is 11.3 Å². The summed E-state index contributed by atoms with van der Waals surface area (Å²) in [6.07, 6.45) is -4.52. The number of carbonyl (C=O) groups excluding carboxylic acids is 1. The number of halogens is 3. The third-order valence-electron chi connectivity index (χ3n) is 2.70. The predicted octanol–water partition coefficient (Wildman–Crippen LogP) is 1.22. The van der Waals surface area contributed by atoms with Crippen molar-refractivity contribution in [3.63, 3.8) is 0 Å². The van der Waals surface area contributed by atoms with Crippen LogP contribution in [0.5, 0.6) is 0 Å². The number of amides is 1. The number of ether oxygens (including phenoxy) is 1. The molecule has 1 aliphatic heterocycles. The van der Waals surface area contributed by atoms with Crippen LogP contribution in [-0.2, 0) is 15.7 Å². The first-order valence-corrected chi connectivity index (χ1v) is 6.73. The standard InChI is InChI=1S/C10H13F3N4O2S/c1-6(7(18)17-2-4-19-5-3-17)14-9-16-15-8(20-9)10(11,12)13/h6H,2-5H2,1H3,(H,14,16). The van der Waals surface area contributed by atoms with E-state index in [1.807, 2.05) is 0 Å². The van der Waals surface area contributed by atoms with E-state index in [0.717, 1.165) is 0 Å². The largest absolute Gasteiger partial charge is 0.445 e. The second-order valence-corrected chi connectivity index (χ2v) is 5.19. The summed E-state index contributed by atoms with van der Waals surface area (Å²) < 4.78 is 42.3. The van der Waals surface area contributed by atoms with Crippen LogP contribution in [0.15, 0.2) is 0 Å². The topological polar surface area (TPSA) is 67.4 Å². The lowest BCUT2D eigenvalue weighted by atomic mass is 10.2. The molecule has 1 aliphatic rings. The highest BCUT2D eigenvalue weighted by molar-refractivity contribution is 7.15. The van der Waals surface area contributed by atoms with Crippen LogP contribution in [0.4, 0.5) is 18.3 Å². The summed E-state index contributed by atoms with van der Waals surface area (Å²) in [7, 11) is 0. The van der Waals surface area contributed by atoms with E-state index in [2.05, 4.69) is 15.5 Å². The molecule has 1 fully saturated rings. The van der Waals surface area contributed by atoms with Gasteiger partial charge in [0, 0.05) is 13.1 Å². The molecule has 2 heterocycles. The second kappa shape index (κ2) is 5.92. The van der Waals surface area contributed by atoms with Crippen molar-refractivity contribution in [2.45, 2.75) is 19.1 Å². The summed E-state index contributed by atoms with van der Waals surface area (Å²) in [4.78, 5) is 13.7. The Morgan fingerprint density at radius 3 is 2.60 bits per heavy atom. The van der Waals surface area contributed by atoms with Gasteiger partial charge >= 0.3 is 6.18 Å². The minimum atomic E-state index is -4.52. The van der Waals surface area contributed by atoms with Gasteiger partial charge in [0.25, 0.3) is 0 Å². The van der Waals surface area contributed by atoms with Gasteiger partial charge in [0.2, 0.25) is 16.0 Å². The monoisotopic (exact) mass is 310 g/mol. The highest BCUT2D eigenvalue weighted by atomic mass is 32.1. The highest BCUT2D eigenvalue weighted by Gasteiger charge is 2.36. The Kier molecular flexibility index (Phi) is 4.43. The maximum atomic E-state index is 12.4. The van der Waals surface area contributed by atoms with Gasteiger partial charge in [0.1, 0.15) is 6.04 Å². The van der Waals surface area contributed by atoms with Gasteiger partial charge in [-0.25, -0.2) is 0 Å².